The van der Waals surface area contributed by atoms with Crippen LogP contribution in [0, 0.1) is 5.41 Å². The fraction of sp³-hybridized carbons (Fsp3) is 0.429. The molecule has 1 aromatic carbocycles. The maximum Gasteiger partial charge on any atom is 0.239 e. The van der Waals surface area contributed by atoms with Gasteiger partial charge in [0.05, 0.1) is 10.4 Å². The van der Waals surface area contributed by atoms with Gasteiger partial charge in [0.2, 0.25) is 5.91 Å². The van der Waals surface area contributed by atoms with E-state index in [0.29, 0.717) is 18.5 Å². The summed E-state index contributed by atoms with van der Waals surface area (Å²) in [7, 11) is 1.66. The lowest BCUT2D eigenvalue weighted by molar-refractivity contribution is -0.124. The van der Waals surface area contributed by atoms with Crippen molar-refractivity contribution in [3.05, 3.63) is 24.3 Å². The molecule has 0 atom stereocenters. The van der Waals surface area contributed by atoms with Gasteiger partial charge in [-0.05, 0) is 25.0 Å². The van der Waals surface area contributed by atoms with Crippen LogP contribution in [0.5, 0.6) is 5.75 Å². The van der Waals surface area contributed by atoms with Crippen LogP contribution in [0.2, 0.25) is 0 Å². The molecule has 0 fully saturated rings. The SMILES string of the molecule is CCC(CC)(C(=O)N(C)c1cccc(O)c1)C(N)=S. The van der Waals surface area contributed by atoms with Crippen LogP contribution in [0.1, 0.15) is 26.7 Å². The van der Waals surface area contributed by atoms with Gasteiger partial charge in [0, 0.05) is 18.8 Å². The van der Waals surface area contributed by atoms with Gasteiger partial charge in [-0.2, -0.15) is 0 Å². The summed E-state index contributed by atoms with van der Waals surface area (Å²) in [6, 6.07) is 6.54. The summed E-state index contributed by atoms with van der Waals surface area (Å²) < 4.78 is 0. The van der Waals surface area contributed by atoms with E-state index in [0.717, 1.165) is 0 Å². The molecule has 5 heteroatoms. The normalized spacial score (nSPS) is 11.1. The molecule has 1 amide bonds. The van der Waals surface area contributed by atoms with E-state index in [1.807, 2.05) is 13.8 Å². The number of phenolic OH excluding ortho intramolecular Hbond substituents is 1. The topological polar surface area (TPSA) is 66.6 Å². The molecule has 19 heavy (non-hydrogen) atoms. The minimum absolute atomic E-state index is 0.117. The maximum absolute atomic E-state index is 12.7. The van der Waals surface area contributed by atoms with Gasteiger partial charge in [-0.1, -0.05) is 32.1 Å². The van der Waals surface area contributed by atoms with Crippen LogP contribution >= 0.6 is 12.2 Å². The van der Waals surface area contributed by atoms with Crippen molar-refractivity contribution in [3.63, 3.8) is 0 Å². The van der Waals surface area contributed by atoms with Gasteiger partial charge >= 0.3 is 0 Å². The Labute approximate surface area is 119 Å². The van der Waals surface area contributed by atoms with E-state index in [4.69, 9.17) is 18.0 Å². The fourth-order valence-corrected chi connectivity index (χ4v) is 2.52. The molecule has 0 aliphatic rings. The highest BCUT2D eigenvalue weighted by Crippen LogP contribution is 2.31. The third-order valence-corrected chi connectivity index (χ3v) is 4.00. The van der Waals surface area contributed by atoms with Crippen LogP contribution in [0.15, 0.2) is 24.3 Å². The molecule has 0 aliphatic heterocycles. The van der Waals surface area contributed by atoms with Crippen LogP contribution < -0.4 is 10.6 Å². The van der Waals surface area contributed by atoms with Gasteiger partial charge < -0.3 is 15.7 Å². The average molecular weight is 280 g/mol. The van der Waals surface area contributed by atoms with Crippen LogP contribution in [-0.4, -0.2) is 23.0 Å². The highest BCUT2D eigenvalue weighted by atomic mass is 32.1. The molecule has 104 valence electrons. The molecule has 0 aromatic heterocycles. The number of carbonyl (C=O) groups is 1. The second-order valence-corrected chi connectivity index (χ2v) is 4.98. The molecule has 4 nitrogen and oxygen atoms in total. The Balaban J connectivity index is 3.14. The molecule has 1 aromatic rings. The Bertz CT molecular complexity index is 484. The van der Waals surface area contributed by atoms with Crippen LogP contribution in [0.3, 0.4) is 0 Å². The number of phenols is 1. The molecule has 0 spiro atoms. The third kappa shape index (κ3) is 2.87. The van der Waals surface area contributed by atoms with Gasteiger partial charge in [0.15, 0.2) is 0 Å². The lowest BCUT2D eigenvalue weighted by atomic mass is 9.80. The predicted molar refractivity (Wildman–Crippen MR) is 81.3 cm³/mol. The number of nitrogens with two attached hydrogens (primary N) is 1. The Hall–Kier alpha value is -1.62. The summed E-state index contributed by atoms with van der Waals surface area (Å²) >= 11 is 5.08. The molecular formula is C14H20N2O2S. The van der Waals surface area contributed by atoms with E-state index >= 15 is 0 Å². The second-order valence-electron chi connectivity index (χ2n) is 4.54. The van der Waals surface area contributed by atoms with Gasteiger partial charge in [0.1, 0.15) is 5.75 Å². The number of benzene rings is 1. The predicted octanol–water partition coefficient (Wildman–Crippen LogP) is 2.45. The first kappa shape index (κ1) is 15.4. The fourth-order valence-electron chi connectivity index (χ4n) is 2.15. The number of rotatable bonds is 5. The lowest BCUT2D eigenvalue weighted by Gasteiger charge is -2.33. The molecular weight excluding hydrogens is 260 g/mol. The summed E-state index contributed by atoms with van der Waals surface area (Å²) in [4.78, 5) is 14.4. The summed E-state index contributed by atoms with van der Waals surface area (Å²) in [5.74, 6) is -0.0262. The van der Waals surface area contributed by atoms with E-state index < -0.39 is 5.41 Å². The molecule has 3 N–H and O–H groups in total. The lowest BCUT2D eigenvalue weighted by Crippen LogP contribution is -2.49. The summed E-state index contributed by atoms with van der Waals surface area (Å²) in [6.45, 7) is 3.80. The van der Waals surface area contributed by atoms with Crippen LogP contribution in [0.25, 0.3) is 0 Å². The van der Waals surface area contributed by atoms with Crippen molar-refractivity contribution < 1.29 is 9.90 Å². The Morgan fingerprint density at radius 2 is 2.00 bits per heavy atom. The zero-order chi connectivity index (χ0) is 14.6. The van der Waals surface area contributed by atoms with Crippen molar-refractivity contribution in [1.29, 1.82) is 0 Å². The number of aromatic hydroxyl groups is 1. The van der Waals surface area contributed by atoms with Crippen molar-refractivity contribution in [2.24, 2.45) is 11.1 Å². The molecule has 0 saturated heterocycles. The number of hydrogen-bond donors (Lipinski definition) is 2. The third-order valence-electron chi connectivity index (χ3n) is 3.61. The van der Waals surface area contributed by atoms with E-state index in [1.54, 1.807) is 25.2 Å². The van der Waals surface area contributed by atoms with Gasteiger partial charge in [-0.25, -0.2) is 0 Å². The number of nitrogens with zero attached hydrogens (tertiary/aromatic N) is 1. The van der Waals surface area contributed by atoms with Crippen LogP contribution in [0.4, 0.5) is 5.69 Å². The highest BCUT2D eigenvalue weighted by molar-refractivity contribution is 7.80. The van der Waals surface area contributed by atoms with Gasteiger partial charge in [-0.15, -0.1) is 0 Å². The van der Waals surface area contributed by atoms with E-state index in [-0.39, 0.29) is 16.6 Å². The van der Waals surface area contributed by atoms with Crippen molar-refractivity contribution in [2.75, 3.05) is 11.9 Å². The summed E-state index contributed by atoms with van der Waals surface area (Å²) in [5, 5.41) is 9.48. The van der Waals surface area contributed by atoms with Crippen molar-refractivity contribution in [3.8, 4) is 5.75 Å². The number of thiocarbonyl (C=S) groups is 1. The smallest absolute Gasteiger partial charge is 0.239 e. The Morgan fingerprint density at radius 1 is 1.42 bits per heavy atom. The van der Waals surface area contributed by atoms with Gasteiger partial charge in [0.25, 0.3) is 0 Å². The molecule has 0 radical (unpaired) electrons. The number of carbonyl (C=O) groups excluding carboxylic acids is 1. The number of anilines is 1. The summed E-state index contributed by atoms with van der Waals surface area (Å²) in [5.41, 5.74) is 5.57. The molecule has 0 aliphatic carbocycles. The van der Waals surface area contributed by atoms with E-state index in [1.165, 1.54) is 11.0 Å². The molecule has 0 saturated carbocycles. The quantitative estimate of drug-likeness (QED) is 0.813. The van der Waals surface area contributed by atoms with Gasteiger partial charge in [-0.3, -0.25) is 4.79 Å². The maximum atomic E-state index is 12.7. The van der Waals surface area contributed by atoms with Crippen molar-refractivity contribution in [1.82, 2.24) is 0 Å². The monoisotopic (exact) mass is 280 g/mol. The molecule has 0 unspecified atom stereocenters. The Morgan fingerprint density at radius 3 is 2.42 bits per heavy atom. The summed E-state index contributed by atoms with van der Waals surface area (Å²) in [6.07, 6.45) is 1.11. The molecule has 0 heterocycles. The highest BCUT2D eigenvalue weighted by Gasteiger charge is 2.40. The first-order valence-electron chi connectivity index (χ1n) is 6.26. The minimum Gasteiger partial charge on any atom is -0.508 e. The first-order chi connectivity index (χ1) is 8.89. The first-order valence-corrected chi connectivity index (χ1v) is 6.67. The Kier molecular flexibility index (Phi) is 4.89. The van der Waals surface area contributed by atoms with E-state index in [2.05, 4.69) is 0 Å². The average Bonchev–Trinajstić information content (AvgIpc) is 2.39. The number of amides is 1. The number of hydrogen-bond acceptors (Lipinski definition) is 3. The molecule has 1 rings (SSSR count). The van der Waals surface area contributed by atoms with E-state index in [9.17, 15) is 9.90 Å². The second kappa shape index (κ2) is 6.02. The van der Waals surface area contributed by atoms with Crippen LogP contribution in [-0.2, 0) is 4.79 Å². The molecule has 0 bridgehead atoms. The van der Waals surface area contributed by atoms with Crippen molar-refractivity contribution >= 4 is 28.8 Å². The zero-order valence-electron chi connectivity index (χ0n) is 11.5. The zero-order valence-corrected chi connectivity index (χ0v) is 12.3. The van der Waals surface area contributed by atoms with Crippen molar-refractivity contribution in [2.45, 2.75) is 26.7 Å². The largest absolute Gasteiger partial charge is 0.508 e. The standard InChI is InChI=1S/C14H20N2O2S/c1-4-14(5-2,12(15)19)13(18)16(3)10-7-6-8-11(17)9-10/h6-9,17H,4-5H2,1-3H3,(H2,15,19). The minimum atomic E-state index is -0.824.